The molecule has 0 bridgehead atoms. The molecule has 0 aliphatic heterocycles. The normalized spacial score (nSPS) is 22.3. The van der Waals surface area contributed by atoms with Crippen LogP contribution in [0.15, 0.2) is 0 Å². The Labute approximate surface area is 125 Å². The SMILES string of the molecule is CCn1nc(C)c([N+](=O)[O-])c1N(C)C1CCCCC1CN. The molecule has 118 valence electrons. The monoisotopic (exact) mass is 295 g/mol. The topological polar surface area (TPSA) is 90.2 Å². The Balaban J connectivity index is 2.41. The predicted octanol–water partition coefficient (Wildman–Crippen LogP) is 2.07. The average Bonchev–Trinajstić information content (AvgIpc) is 2.83. The van der Waals surface area contributed by atoms with Gasteiger partial charge in [0.2, 0.25) is 5.82 Å². The molecule has 0 saturated heterocycles. The van der Waals surface area contributed by atoms with Crippen molar-refractivity contribution in [3.05, 3.63) is 15.8 Å². The van der Waals surface area contributed by atoms with Crippen LogP contribution in [0, 0.1) is 23.0 Å². The summed E-state index contributed by atoms with van der Waals surface area (Å²) in [4.78, 5) is 13.1. The molecule has 21 heavy (non-hydrogen) atoms. The predicted molar refractivity (Wildman–Crippen MR) is 82.5 cm³/mol. The fraction of sp³-hybridized carbons (Fsp3) is 0.786. The van der Waals surface area contributed by atoms with Crippen molar-refractivity contribution in [1.29, 1.82) is 0 Å². The lowest BCUT2D eigenvalue weighted by molar-refractivity contribution is -0.384. The van der Waals surface area contributed by atoms with Crippen LogP contribution in [0.1, 0.15) is 38.3 Å². The second-order valence-electron chi connectivity index (χ2n) is 5.79. The minimum Gasteiger partial charge on any atom is -0.351 e. The minimum absolute atomic E-state index is 0.126. The van der Waals surface area contributed by atoms with Crippen molar-refractivity contribution >= 4 is 11.5 Å². The van der Waals surface area contributed by atoms with Crippen molar-refractivity contribution in [1.82, 2.24) is 9.78 Å². The summed E-state index contributed by atoms with van der Waals surface area (Å²) in [7, 11) is 1.94. The highest BCUT2D eigenvalue weighted by molar-refractivity contribution is 5.61. The Kier molecular flexibility index (Phi) is 4.82. The van der Waals surface area contributed by atoms with Crippen molar-refractivity contribution in [2.45, 2.75) is 52.1 Å². The summed E-state index contributed by atoms with van der Waals surface area (Å²) in [6, 6.07) is 0.254. The third-order valence-electron chi connectivity index (χ3n) is 4.56. The first-order valence-electron chi connectivity index (χ1n) is 7.65. The lowest BCUT2D eigenvalue weighted by Gasteiger charge is -2.38. The molecule has 1 fully saturated rings. The maximum Gasteiger partial charge on any atom is 0.333 e. The Morgan fingerprint density at radius 2 is 2.14 bits per heavy atom. The molecular weight excluding hydrogens is 270 g/mol. The zero-order valence-electron chi connectivity index (χ0n) is 13.1. The van der Waals surface area contributed by atoms with Crippen LogP contribution >= 0.6 is 0 Å². The summed E-state index contributed by atoms with van der Waals surface area (Å²) in [5, 5.41) is 15.7. The smallest absolute Gasteiger partial charge is 0.333 e. The maximum atomic E-state index is 11.4. The van der Waals surface area contributed by atoms with Gasteiger partial charge < -0.3 is 10.6 Å². The fourth-order valence-corrected chi connectivity index (χ4v) is 3.47. The van der Waals surface area contributed by atoms with Crippen LogP contribution in [0.3, 0.4) is 0 Å². The first kappa shape index (κ1) is 15.8. The van der Waals surface area contributed by atoms with Crippen molar-refractivity contribution in [3.8, 4) is 0 Å². The summed E-state index contributed by atoms with van der Waals surface area (Å²) in [5.41, 5.74) is 6.50. The Morgan fingerprint density at radius 3 is 2.71 bits per heavy atom. The van der Waals surface area contributed by atoms with E-state index >= 15 is 0 Å². The summed E-state index contributed by atoms with van der Waals surface area (Å²) < 4.78 is 1.73. The molecule has 1 aromatic heterocycles. The number of aryl methyl sites for hydroxylation is 2. The average molecular weight is 295 g/mol. The van der Waals surface area contributed by atoms with Gasteiger partial charge in [-0.2, -0.15) is 5.10 Å². The second-order valence-corrected chi connectivity index (χ2v) is 5.79. The van der Waals surface area contributed by atoms with E-state index in [1.807, 2.05) is 18.9 Å². The van der Waals surface area contributed by atoms with Crippen LogP contribution in [0.5, 0.6) is 0 Å². The van der Waals surface area contributed by atoms with Crippen LogP contribution in [-0.2, 0) is 6.54 Å². The summed E-state index contributed by atoms with van der Waals surface area (Å²) in [6.07, 6.45) is 4.47. The molecule has 1 aromatic rings. The lowest BCUT2D eigenvalue weighted by Crippen LogP contribution is -2.44. The van der Waals surface area contributed by atoms with Gasteiger partial charge >= 0.3 is 5.69 Å². The maximum absolute atomic E-state index is 11.4. The van der Waals surface area contributed by atoms with Crippen molar-refractivity contribution < 1.29 is 4.92 Å². The fourth-order valence-electron chi connectivity index (χ4n) is 3.47. The summed E-state index contributed by atoms with van der Waals surface area (Å²) in [5.74, 6) is 1.01. The Hall–Kier alpha value is -1.63. The van der Waals surface area contributed by atoms with E-state index in [0.29, 0.717) is 30.5 Å². The van der Waals surface area contributed by atoms with E-state index in [4.69, 9.17) is 5.73 Å². The number of aromatic nitrogens is 2. The highest BCUT2D eigenvalue weighted by Crippen LogP contribution is 2.36. The zero-order chi connectivity index (χ0) is 15.6. The Morgan fingerprint density at radius 1 is 1.48 bits per heavy atom. The van der Waals surface area contributed by atoms with Crippen molar-refractivity contribution in [2.24, 2.45) is 11.7 Å². The molecule has 0 radical (unpaired) electrons. The molecule has 1 heterocycles. The standard InChI is InChI=1S/C14H25N5O2/c1-4-18-14(13(19(20)21)10(2)16-18)17(3)12-8-6-5-7-11(12)9-15/h11-12H,4-9,15H2,1-3H3. The van der Waals surface area contributed by atoms with Gasteiger partial charge in [0, 0.05) is 19.6 Å². The highest BCUT2D eigenvalue weighted by atomic mass is 16.6. The molecular formula is C14H25N5O2. The first-order valence-corrected chi connectivity index (χ1v) is 7.65. The number of hydrogen-bond donors (Lipinski definition) is 1. The second kappa shape index (κ2) is 6.43. The number of nitrogens with zero attached hydrogens (tertiary/aromatic N) is 4. The molecule has 7 heteroatoms. The quantitative estimate of drug-likeness (QED) is 0.663. The zero-order valence-corrected chi connectivity index (χ0v) is 13.1. The van der Waals surface area contributed by atoms with Crippen molar-refractivity contribution in [3.63, 3.8) is 0 Å². The number of anilines is 1. The molecule has 2 unspecified atom stereocenters. The van der Waals surface area contributed by atoms with Gasteiger partial charge in [0.15, 0.2) is 0 Å². The van der Waals surface area contributed by atoms with Gasteiger partial charge in [-0.15, -0.1) is 0 Å². The van der Waals surface area contributed by atoms with Crippen LogP contribution in [0.4, 0.5) is 11.5 Å². The van der Waals surface area contributed by atoms with Gasteiger partial charge in [-0.05, 0) is 39.2 Å². The van der Waals surface area contributed by atoms with Gasteiger partial charge in [0.05, 0.1) is 4.92 Å². The van der Waals surface area contributed by atoms with Gasteiger partial charge in [0.25, 0.3) is 0 Å². The number of nitro groups is 1. The highest BCUT2D eigenvalue weighted by Gasteiger charge is 2.34. The molecule has 2 rings (SSSR count). The van der Waals surface area contributed by atoms with E-state index in [0.717, 1.165) is 19.3 Å². The molecule has 0 spiro atoms. The number of rotatable bonds is 5. The van der Waals surface area contributed by atoms with E-state index in [1.165, 1.54) is 6.42 Å². The third-order valence-corrected chi connectivity index (χ3v) is 4.56. The van der Waals surface area contributed by atoms with Gasteiger partial charge in [0.1, 0.15) is 5.69 Å². The van der Waals surface area contributed by atoms with Crippen molar-refractivity contribution in [2.75, 3.05) is 18.5 Å². The van der Waals surface area contributed by atoms with Gasteiger partial charge in [-0.25, -0.2) is 4.68 Å². The van der Waals surface area contributed by atoms with Crippen LogP contribution < -0.4 is 10.6 Å². The van der Waals surface area contributed by atoms with Crippen LogP contribution in [0.2, 0.25) is 0 Å². The van der Waals surface area contributed by atoms with Crippen LogP contribution in [-0.4, -0.2) is 34.3 Å². The molecule has 1 saturated carbocycles. The molecule has 2 N–H and O–H groups in total. The lowest BCUT2D eigenvalue weighted by atomic mass is 9.83. The van der Waals surface area contributed by atoms with E-state index in [2.05, 4.69) is 5.10 Å². The molecule has 1 aliphatic rings. The minimum atomic E-state index is -0.319. The summed E-state index contributed by atoms with van der Waals surface area (Å²) >= 11 is 0. The largest absolute Gasteiger partial charge is 0.351 e. The van der Waals surface area contributed by atoms with Crippen LogP contribution in [0.25, 0.3) is 0 Å². The number of nitrogens with two attached hydrogens (primary N) is 1. The molecule has 1 aliphatic carbocycles. The number of hydrogen-bond acceptors (Lipinski definition) is 5. The van der Waals surface area contributed by atoms with E-state index in [-0.39, 0.29) is 16.7 Å². The third kappa shape index (κ3) is 2.88. The molecule has 0 aromatic carbocycles. The molecule has 7 nitrogen and oxygen atoms in total. The Bertz CT molecular complexity index is 514. The summed E-state index contributed by atoms with van der Waals surface area (Å²) in [6.45, 7) is 4.90. The van der Waals surface area contributed by atoms with E-state index in [1.54, 1.807) is 11.6 Å². The van der Waals surface area contributed by atoms with E-state index < -0.39 is 0 Å². The first-order chi connectivity index (χ1) is 10.0. The van der Waals surface area contributed by atoms with Gasteiger partial charge in [-0.1, -0.05) is 12.8 Å². The van der Waals surface area contributed by atoms with Gasteiger partial charge in [-0.3, -0.25) is 10.1 Å². The molecule has 0 amide bonds. The van der Waals surface area contributed by atoms with E-state index in [9.17, 15) is 10.1 Å². The molecule has 2 atom stereocenters.